The summed E-state index contributed by atoms with van der Waals surface area (Å²) in [6, 6.07) is 14.2. The molecule has 0 aliphatic carbocycles. The maximum Gasteiger partial charge on any atom is 0.255 e. The van der Waals surface area contributed by atoms with E-state index < -0.39 is 0 Å². The molecule has 3 rings (SSSR count). The van der Waals surface area contributed by atoms with Crippen LogP contribution in [0.25, 0.3) is 0 Å². The number of carbonyl (C=O) groups is 2. The van der Waals surface area contributed by atoms with Gasteiger partial charge < -0.3 is 19.7 Å². The van der Waals surface area contributed by atoms with Crippen LogP contribution in [0, 0.1) is 0 Å². The van der Waals surface area contributed by atoms with E-state index in [1.165, 1.54) is 6.92 Å². The number of hydrogen-bond donors (Lipinski definition) is 1. The molecule has 2 amide bonds. The van der Waals surface area contributed by atoms with Gasteiger partial charge in [-0.1, -0.05) is 6.07 Å². The summed E-state index contributed by atoms with van der Waals surface area (Å²) in [6.45, 7) is 2.79. The molecule has 1 saturated heterocycles. The molecular weight excluding hydrogens is 344 g/mol. The molecule has 0 aromatic heterocycles. The molecule has 6 heteroatoms. The number of carbonyl (C=O) groups excluding carboxylic acids is 2. The highest BCUT2D eigenvalue weighted by atomic mass is 16.5. The minimum absolute atomic E-state index is 0.0494. The van der Waals surface area contributed by atoms with Crippen LogP contribution in [-0.4, -0.2) is 38.2 Å². The van der Waals surface area contributed by atoms with E-state index in [2.05, 4.69) is 5.32 Å². The fraction of sp³-hybridized carbons (Fsp3) is 0.333. The Kier molecular flexibility index (Phi) is 6.08. The number of nitrogens with one attached hydrogen (secondary N) is 1. The molecule has 0 bridgehead atoms. The van der Waals surface area contributed by atoms with Gasteiger partial charge >= 0.3 is 0 Å². The van der Waals surface area contributed by atoms with Crippen LogP contribution in [-0.2, 0) is 9.53 Å². The Labute approximate surface area is 159 Å². The van der Waals surface area contributed by atoms with Crippen LogP contribution in [0.4, 0.5) is 11.4 Å². The van der Waals surface area contributed by atoms with E-state index >= 15 is 0 Å². The van der Waals surface area contributed by atoms with Gasteiger partial charge in [0.25, 0.3) is 5.91 Å². The molecule has 1 N–H and O–H groups in total. The molecule has 0 spiro atoms. The number of nitrogens with zero attached hydrogens (tertiary/aromatic N) is 1. The fourth-order valence-electron chi connectivity index (χ4n) is 2.85. The fourth-order valence-corrected chi connectivity index (χ4v) is 2.85. The average Bonchev–Trinajstić information content (AvgIpc) is 3.20. The third-order valence-electron chi connectivity index (χ3n) is 4.54. The summed E-state index contributed by atoms with van der Waals surface area (Å²) in [5, 5.41) is 2.86. The van der Waals surface area contributed by atoms with Gasteiger partial charge in [0.15, 0.2) is 0 Å². The zero-order valence-corrected chi connectivity index (χ0v) is 15.6. The Morgan fingerprint density at radius 1 is 1.22 bits per heavy atom. The van der Waals surface area contributed by atoms with Crippen molar-refractivity contribution in [2.24, 2.45) is 0 Å². The summed E-state index contributed by atoms with van der Waals surface area (Å²) >= 11 is 0. The average molecular weight is 368 g/mol. The van der Waals surface area contributed by atoms with E-state index in [-0.39, 0.29) is 17.9 Å². The number of benzene rings is 2. The molecule has 1 aliphatic heterocycles. The van der Waals surface area contributed by atoms with Gasteiger partial charge in [-0.2, -0.15) is 0 Å². The zero-order chi connectivity index (χ0) is 19.2. The maximum absolute atomic E-state index is 12.5. The Morgan fingerprint density at radius 2 is 2.00 bits per heavy atom. The van der Waals surface area contributed by atoms with Gasteiger partial charge in [-0.05, 0) is 55.3 Å². The van der Waals surface area contributed by atoms with E-state index in [4.69, 9.17) is 9.47 Å². The summed E-state index contributed by atoms with van der Waals surface area (Å²) in [5.41, 5.74) is 1.95. The number of anilines is 2. The second kappa shape index (κ2) is 8.68. The SMILES string of the molecule is CC(=O)N(C)c1ccc(NC(=O)c2cccc(OCC3CCCO3)c2)cc1. The summed E-state index contributed by atoms with van der Waals surface area (Å²) in [4.78, 5) is 25.4. The summed E-state index contributed by atoms with van der Waals surface area (Å²) in [7, 11) is 1.71. The van der Waals surface area contributed by atoms with Crippen LogP contribution < -0.4 is 15.0 Å². The first-order valence-electron chi connectivity index (χ1n) is 9.03. The smallest absolute Gasteiger partial charge is 0.255 e. The van der Waals surface area contributed by atoms with Gasteiger partial charge in [-0.25, -0.2) is 0 Å². The standard InChI is InChI=1S/C21H24N2O4/c1-15(24)23(2)18-10-8-17(9-11-18)22-21(25)16-5-3-6-19(13-16)27-14-20-7-4-12-26-20/h3,5-6,8-11,13,20H,4,7,12,14H2,1-2H3,(H,22,25). The third kappa shape index (κ3) is 5.08. The van der Waals surface area contributed by atoms with Crippen molar-refractivity contribution in [3.63, 3.8) is 0 Å². The third-order valence-corrected chi connectivity index (χ3v) is 4.54. The predicted octanol–water partition coefficient (Wildman–Crippen LogP) is 3.48. The van der Waals surface area contributed by atoms with Crippen molar-refractivity contribution in [2.45, 2.75) is 25.9 Å². The number of amides is 2. The van der Waals surface area contributed by atoms with Crippen LogP contribution in [0.3, 0.4) is 0 Å². The Bertz CT molecular complexity index is 798. The summed E-state index contributed by atoms with van der Waals surface area (Å²) < 4.78 is 11.3. The topological polar surface area (TPSA) is 67.9 Å². The van der Waals surface area contributed by atoms with Crippen molar-refractivity contribution in [1.82, 2.24) is 0 Å². The van der Waals surface area contributed by atoms with Gasteiger partial charge in [-0.3, -0.25) is 9.59 Å². The van der Waals surface area contributed by atoms with Gasteiger partial charge in [0.05, 0.1) is 6.10 Å². The highest BCUT2D eigenvalue weighted by Crippen LogP contribution is 2.20. The molecule has 1 unspecified atom stereocenters. The second-order valence-electron chi connectivity index (χ2n) is 6.55. The molecule has 27 heavy (non-hydrogen) atoms. The van der Waals surface area contributed by atoms with E-state index in [9.17, 15) is 9.59 Å². The Morgan fingerprint density at radius 3 is 2.67 bits per heavy atom. The lowest BCUT2D eigenvalue weighted by Gasteiger charge is -2.15. The van der Waals surface area contributed by atoms with Crippen LogP contribution in [0.2, 0.25) is 0 Å². The molecule has 1 heterocycles. The molecule has 0 saturated carbocycles. The Hall–Kier alpha value is -2.86. The molecule has 6 nitrogen and oxygen atoms in total. The van der Waals surface area contributed by atoms with Crippen molar-refractivity contribution in [3.05, 3.63) is 54.1 Å². The normalized spacial score (nSPS) is 16.0. The highest BCUT2D eigenvalue weighted by molar-refractivity contribution is 6.04. The van der Waals surface area contributed by atoms with E-state index in [1.54, 1.807) is 54.4 Å². The second-order valence-corrected chi connectivity index (χ2v) is 6.55. The first-order chi connectivity index (χ1) is 13.0. The van der Waals surface area contributed by atoms with Gasteiger partial charge in [-0.15, -0.1) is 0 Å². The van der Waals surface area contributed by atoms with E-state index in [0.717, 1.165) is 25.1 Å². The minimum atomic E-state index is -0.217. The van der Waals surface area contributed by atoms with Crippen molar-refractivity contribution in [3.8, 4) is 5.75 Å². The molecule has 1 aliphatic rings. The number of rotatable bonds is 6. The lowest BCUT2D eigenvalue weighted by atomic mass is 10.2. The molecule has 2 aromatic carbocycles. The Balaban J connectivity index is 1.60. The minimum Gasteiger partial charge on any atom is -0.491 e. The highest BCUT2D eigenvalue weighted by Gasteiger charge is 2.16. The quantitative estimate of drug-likeness (QED) is 0.848. The number of hydrogen-bond acceptors (Lipinski definition) is 4. The van der Waals surface area contributed by atoms with Crippen LogP contribution in [0.15, 0.2) is 48.5 Å². The lowest BCUT2D eigenvalue weighted by Crippen LogP contribution is -2.22. The van der Waals surface area contributed by atoms with Crippen molar-refractivity contribution >= 4 is 23.2 Å². The van der Waals surface area contributed by atoms with Gasteiger partial charge in [0.2, 0.25) is 5.91 Å². The van der Waals surface area contributed by atoms with Crippen molar-refractivity contribution in [1.29, 1.82) is 0 Å². The van der Waals surface area contributed by atoms with Crippen molar-refractivity contribution < 1.29 is 19.1 Å². The molecule has 1 fully saturated rings. The predicted molar refractivity (Wildman–Crippen MR) is 104 cm³/mol. The molecule has 0 radical (unpaired) electrons. The largest absolute Gasteiger partial charge is 0.491 e. The summed E-state index contributed by atoms with van der Waals surface area (Å²) in [5.74, 6) is 0.383. The summed E-state index contributed by atoms with van der Waals surface area (Å²) in [6.07, 6.45) is 2.21. The van der Waals surface area contributed by atoms with E-state index in [0.29, 0.717) is 23.6 Å². The monoisotopic (exact) mass is 368 g/mol. The molecule has 142 valence electrons. The molecular formula is C21H24N2O4. The molecule has 1 atom stereocenters. The zero-order valence-electron chi connectivity index (χ0n) is 15.6. The van der Waals surface area contributed by atoms with Crippen molar-refractivity contribution in [2.75, 3.05) is 30.5 Å². The van der Waals surface area contributed by atoms with Gasteiger partial charge in [0.1, 0.15) is 12.4 Å². The lowest BCUT2D eigenvalue weighted by molar-refractivity contribution is -0.116. The maximum atomic E-state index is 12.5. The van der Waals surface area contributed by atoms with Crippen LogP contribution in [0.1, 0.15) is 30.1 Å². The first-order valence-corrected chi connectivity index (χ1v) is 9.03. The number of ether oxygens (including phenoxy) is 2. The first kappa shape index (κ1) is 18.9. The van der Waals surface area contributed by atoms with E-state index in [1.807, 2.05) is 6.07 Å². The van der Waals surface area contributed by atoms with Crippen LogP contribution in [0.5, 0.6) is 5.75 Å². The molecule has 2 aromatic rings. The van der Waals surface area contributed by atoms with Gasteiger partial charge in [0, 0.05) is 37.5 Å². The van der Waals surface area contributed by atoms with Crippen LogP contribution >= 0.6 is 0 Å².